The second kappa shape index (κ2) is 4.13. The van der Waals surface area contributed by atoms with Crippen molar-refractivity contribution in [1.29, 1.82) is 0 Å². The SMILES string of the molecule is NCc1ncc(C(F)F)c([N+](=O)[O-])c1N. The van der Waals surface area contributed by atoms with E-state index < -0.39 is 28.3 Å². The molecule has 0 aromatic carbocycles. The molecule has 0 saturated heterocycles. The molecule has 4 N–H and O–H groups in total. The lowest BCUT2D eigenvalue weighted by molar-refractivity contribution is -0.385. The van der Waals surface area contributed by atoms with Crippen molar-refractivity contribution in [3.8, 4) is 0 Å². The minimum absolute atomic E-state index is 0.0334. The van der Waals surface area contributed by atoms with Gasteiger partial charge in [-0.3, -0.25) is 15.1 Å². The largest absolute Gasteiger partial charge is 0.392 e. The van der Waals surface area contributed by atoms with Crippen molar-refractivity contribution in [2.75, 3.05) is 5.73 Å². The van der Waals surface area contributed by atoms with Crippen LogP contribution in [-0.4, -0.2) is 9.91 Å². The highest BCUT2D eigenvalue weighted by Crippen LogP contribution is 2.34. The van der Waals surface area contributed by atoms with E-state index in [2.05, 4.69) is 4.98 Å². The van der Waals surface area contributed by atoms with Gasteiger partial charge in [0.25, 0.3) is 6.43 Å². The van der Waals surface area contributed by atoms with E-state index in [1.165, 1.54) is 0 Å². The number of hydrogen-bond donors (Lipinski definition) is 2. The summed E-state index contributed by atoms with van der Waals surface area (Å²) in [6.07, 6.45) is -2.27. The molecule has 1 heterocycles. The summed E-state index contributed by atoms with van der Waals surface area (Å²) in [6.45, 7) is -0.143. The maximum Gasteiger partial charge on any atom is 0.304 e. The van der Waals surface area contributed by atoms with Gasteiger partial charge in [0, 0.05) is 12.7 Å². The number of nitrogens with two attached hydrogens (primary N) is 2. The van der Waals surface area contributed by atoms with Crippen molar-refractivity contribution in [1.82, 2.24) is 4.98 Å². The summed E-state index contributed by atoms with van der Waals surface area (Å²) in [5, 5.41) is 10.5. The van der Waals surface area contributed by atoms with Crippen LogP contribution in [0.5, 0.6) is 0 Å². The van der Waals surface area contributed by atoms with Gasteiger partial charge in [0.1, 0.15) is 11.3 Å². The van der Waals surface area contributed by atoms with Gasteiger partial charge in [-0.2, -0.15) is 0 Å². The van der Waals surface area contributed by atoms with E-state index in [4.69, 9.17) is 11.5 Å². The van der Waals surface area contributed by atoms with E-state index in [9.17, 15) is 18.9 Å². The van der Waals surface area contributed by atoms with Gasteiger partial charge in [0.2, 0.25) is 0 Å². The van der Waals surface area contributed by atoms with Gasteiger partial charge in [-0.05, 0) is 0 Å². The van der Waals surface area contributed by atoms with Gasteiger partial charge in [-0.15, -0.1) is 0 Å². The number of nitro groups is 1. The van der Waals surface area contributed by atoms with Crippen LogP contribution in [0.2, 0.25) is 0 Å². The maximum atomic E-state index is 12.4. The molecule has 0 aliphatic rings. The van der Waals surface area contributed by atoms with Crippen molar-refractivity contribution in [3.05, 3.63) is 27.6 Å². The van der Waals surface area contributed by atoms with E-state index in [1.54, 1.807) is 0 Å². The van der Waals surface area contributed by atoms with Crippen molar-refractivity contribution in [2.24, 2.45) is 5.73 Å². The molecule has 0 aliphatic carbocycles. The molecule has 0 bridgehead atoms. The molecule has 1 aromatic heterocycles. The van der Waals surface area contributed by atoms with Gasteiger partial charge in [-0.25, -0.2) is 8.78 Å². The second-order valence-corrected chi connectivity index (χ2v) is 2.68. The average molecular weight is 218 g/mol. The summed E-state index contributed by atoms with van der Waals surface area (Å²) < 4.78 is 24.7. The van der Waals surface area contributed by atoms with Crippen LogP contribution in [0.15, 0.2) is 6.20 Å². The van der Waals surface area contributed by atoms with Gasteiger partial charge >= 0.3 is 5.69 Å². The predicted octanol–water partition coefficient (Wildman–Crippen LogP) is 0.968. The fourth-order valence-electron chi connectivity index (χ4n) is 1.10. The third kappa shape index (κ3) is 1.99. The summed E-state index contributed by atoms with van der Waals surface area (Å²) in [5.74, 6) is 0. The zero-order chi connectivity index (χ0) is 11.6. The molecular weight excluding hydrogens is 210 g/mol. The van der Waals surface area contributed by atoms with Gasteiger partial charge < -0.3 is 11.5 Å². The number of aromatic nitrogens is 1. The fourth-order valence-corrected chi connectivity index (χ4v) is 1.10. The number of nitrogen functional groups attached to an aromatic ring is 1. The number of alkyl halides is 2. The van der Waals surface area contributed by atoms with Gasteiger partial charge in [-0.1, -0.05) is 0 Å². The van der Waals surface area contributed by atoms with Crippen LogP contribution in [0.1, 0.15) is 17.7 Å². The van der Waals surface area contributed by atoms with E-state index in [0.717, 1.165) is 6.20 Å². The molecule has 0 atom stereocenters. The van der Waals surface area contributed by atoms with Gasteiger partial charge in [0.05, 0.1) is 10.6 Å². The monoisotopic (exact) mass is 218 g/mol. The van der Waals surface area contributed by atoms with Crippen LogP contribution >= 0.6 is 0 Å². The molecule has 0 unspecified atom stereocenters. The Labute approximate surface area is 83.0 Å². The molecule has 0 fully saturated rings. The standard InChI is InChI=1S/C7H8F2N4O2/c8-7(9)3-2-12-4(1-10)5(11)6(3)13(14)15/h2,7H,1,10-11H2. The molecule has 0 radical (unpaired) electrons. The molecule has 1 rings (SSSR count). The van der Waals surface area contributed by atoms with Crippen LogP contribution in [-0.2, 0) is 6.54 Å². The molecule has 0 aliphatic heterocycles. The molecule has 0 amide bonds. The lowest BCUT2D eigenvalue weighted by atomic mass is 10.1. The number of nitrogens with zero attached hydrogens (tertiary/aromatic N) is 2. The van der Waals surface area contributed by atoms with Crippen LogP contribution < -0.4 is 11.5 Å². The summed E-state index contributed by atoms with van der Waals surface area (Å²) in [4.78, 5) is 13.1. The number of hydrogen-bond acceptors (Lipinski definition) is 5. The summed E-state index contributed by atoms with van der Waals surface area (Å²) in [5.41, 5.74) is 8.52. The first-order chi connectivity index (χ1) is 6.99. The van der Waals surface area contributed by atoms with Crippen LogP contribution in [0.4, 0.5) is 20.2 Å². The van der Waals surface area contributed by atoms with Gasteiger partial charge in [0.15, 0.2) is 0 Å². The number of anilines is 1. The van der Waals surface area contributed by atoms with E-state index in [-0.39, 0.29) is 12.2 Å². The third-order valence-electron chi connectivity index (χ3n) is 1.81. The summed E-state index contributed by atoms with van der Waals surface area (Å²) in [6, 6.07) is 0. The Morgan fingerprint density at radius 1 is 1.60 bits per heavy atom. The van der Waals surface area contributed by atoms with Crippen LogP contribution in [0.25, 0.3) is 0 Å². The molecular formula is C7H8F2N4O2. The first kappa shape index (κ1) is 11.2. The maximum absolute atomic E-state index is 12.4. The zero-order valence-electron chi connectivity index (χ0n) is 7.48. The topological polar surface area (TPSA) is 108 Å². The van der Waals surface area contributed by atoms with Crippen molar-refractivity contribution >= 4 is 11.4 Å². The Kier molecular flexibility index (Phi) is 3.10. The molecule has 8 heteroatoms. The number of pyridine rings is 1. The lowest BCUT2D eigenvalue weighted by Crippen LogP contribution is -2.09. The minimum Gasteiger partial charge on any atom is -0.392 e. The highest BCUT2D eigenvalue weighted by molar-refractivity contribution is 5.64. The first-order valence-corrected chi connectivity index (χ1v) is 3.88. The normalized spacial score (nSPS) is 10.7. The molecule has 1 aromatic rings. The minimum atomic E-state index is -2.99. The smallest absolute Gasteiger partial charge is 0.304 e. The van der Waals surface area contributed by atoms with E-state index in [1.807, 2.05) is 0 Å². The Morgan fingerprint density at radius 3 is 2.60 bits per heavy atom. The Hall–Kier alpha value is -1.83. The summed E-state index contributed by atoms with van der Waals surface area (Å²) in [7, 11) is 0. The van der Waals surface area contributed by atoms with E-state index in [0.29, 0.717) is 0 Å². The molecule has 0 saturated carbocycles. The molecule has 6 nitrogen and oxygen atoms in total. The molecule has 15 heavy (non-hydrogen) atoms. The van der Waals surface area contributed by atoms with Crippen molar-refractivity contribution in [2.45, 2.75) is 13.0 Å². The van der Waals surface area contributed by atoms with Crippen LogP contribution in [0, 0.1) is 10.1 Å². The van der Waals surface area contributed by atoms with E-state index >= 15 is 0 Å². The third-order valence-corrected chi connectivity index (χ3v) is 1.81. The van der Waals surface area contributed by atoms with Crippen molar-refractivity contribution < 1.29 is 13.7 Å². The molecule has 82 valence electrons. The number of rotatable bonds is 3. The predicted molar refractivity (Wildman–Crippen MR) is 48.2 cm³/mol. The van der Waals surface area contributed by atoms with Crippen molar-refractivity contribution in [3.63, 3.8) is 0 Å². The first-order valence-electron chi connectivity index (χ1n) is 3.88. The quantitative estimate of drug-likeness (QED) is 0.580. The highest BCUT2D eigenvalue weighted by Gasteiger charge is 2.27. The Bertz CT molecular complexity index is 397. The van der Waals surface area contributed by atoms with Crippen LogP contribution in [0.3, 0.4) is 0 Å². The number of halogens is 2. The Balaban J connectivity index is 3.44. The zero-order valence-corrected chi connectivity index (χ0v) is 7.48. The Morgan fingerprint density at radius 2 is 2.20 bits per heavy atom. The summed E-state index contributed by atoms with van der Waals surface area (Å²) >= 11 is 0. The molecule has 0 spiro atoms. The fraction of sp³-hybridized carbons (Fsp3) is 0.286. The highest BCUT2D eigenvalue weighted by atomic mass is 19.3. The average Bonchev–Trinajstić information content (AvgIpc) is 2.16. The lowest BCUT2D eigenvalue weighted by Gasteiger charge is -2.06. The second-order valence-electron chi connectivity index (χ2n) is 2.68.